The van der Waals surface area contributed by atoms with Crippen LogP contribution in [0.5, 0.6) is 11.5 Å². The number of hydrogen-bond donors (Lipinski definition) is 2. The van der Waals surface area contributed by atoms with E-state index in [2.05, 4.69) is 13.2 Å². The third kappa shape index (κ3) is 6.15. The van der Waals surface area contributed by atoms with Crippen molar-refractivity contribution in [3.63, 3.8) is 0 Å². The minimum Gasteiger partial charge on any atom is -1.00 e. The molecule has 0 aromatic carbocycles. The van der Waals surface area contributed by atoms with E-state index in [0.717, 1.165) is 0 Å². The summed E-state index contributed by atoms with van der Waals surface area (Å²) in [7, 11) is 0. The molecular formula is C12H14Na2O6S. The van der Waals surface area contributed by atoms with Crippen molar-refractivity contribution in [1.82, 2.24) is 0 Å². The van der Waals surface area contributed by atoms with Gasteiger partial charge in [-0.05, 0) is 0 Å². The van der Waals surface area contributed by atoms with Crippen molar-refractivity contribution < 1.29 is 91.2 Å². The zero-order chi connectivity index (χ0) is 14.4. The number of esters is 2. The fraction of sp³-hybridized carbons (Fsp3) is 0.167. The largest absolute Gasteiger partial charge is 1.00 e. The first-order valence-corrected chi connectivity index (χ1v) is 5.95. The maximum Gasteiger partial charge on any atom is 1.00 e. The quantitative estimate of drug-likeness (QED) is 0.314. The van der Waals surface area contributed by atoms with E-state index in [1.165, 1.54) is 12.2 Å². The maximum atomic E-state index is 11.5. The van der Waals surface area contributed by atoms with Gasteiger partial charge in [0.15, 0.2) is 21.3 Å². The third-order valence-corrected chi connectivity index (χ3v) is 3.02. The molecule has 1 heterocycles. The maximum absolute atomic E-state index is 11.5. The van der Waals surface area contributed by atoms with Crippen LogP contribution < -0.4 is 59.1 Å². The minimum atomic E-state index is -0.861. The van der Waals surface area contributed by atoms with Crippen LogP contribution in [0.1, 0.15) is 22.2 Å². The van der Waals surface area contributed by atoms with Crippen LogP contribution in [0, 0.1) is 0 Å². The first kappa shape index (κ1) is 23.0. The number of carbonyl (C=O) groups excluding carboxylic acids is 2. The van der Waals surface area contributed by atoms with Gasteiger partial charge >= 0.3 is 71.1 Å². The average Bonchev–Trinajstić information content (AvgIpc) is 2.70. The van der Waals surface area contributed by atoms with Gasteiger partial charge in [-0.3, -0.25) is 0 Å². The first-order chi connectivity index (χ1) is 9.02. The molecule has 0 bridgehead atoms. The smallest absolute Gasteiger partial charge is 1.00 e. The van der Waals surface area contributed by atoms with Crippen molar-refractivity contribution in [2.75, 3.05) is 13.2 Å². The summed E-state index contributed by atoms with van der Waals surface area (Å²) in [6.07, 6.45) is 2.70. The molecule has 9 heteroatoms. The third-order valence-electron chi connectivity index (χ3n) is 1.89. The van der Waals surface area contributed by atoms with Crippen LogP contribution in [0.4, 0.5) is 0 Å². The molecule has 2 N–H and O–H groups in total. The fourth-order valence-corrected chi connectivity index (χ4v) is 1.97. The van der Waals surface area contributed by atoms with Crippen LogP contribution in [0.2, 0.25) is 0 Å². The molecule has 0 aliphatic rings. The topological polar surface area (TPSA) is 93.1 Å². The molecule has 0 saturated carbocycles. The summed E-state index contributed by atoms with van der Waals surface area (Å²) in [4.78, 5) is 22.5. The van der Waals surface area contributed by atoms with Gasteiger partial charge in [-0.1, -0.05) is 25.3 Å². The molecule has 0 aliphatic heterocycles. The van der Waals surface area contributed by atoms with E-state index in [9.17, 15) is 19.8 Å². The Morgan fingerprint density at radius 2 is 1.33 bits per heavy atom. The standard InChI is InChI=1S/C12H12O6S.2Na.2H/c1-3-5-17-11(15)9-7(13)8(14)10(19-9)12(16)18-6-4-2;;;;/h3-4,13-14H,1-2,5-6H2;;;;/q;2*+1;2*-1. The average molecular weight is 332 g/mol. The Morgan fingerprint density at radius 3 is 1.62 bits per heavy atom. The number of thiophene rings is 1. The SMILES string of the molecule is C=CCOC(=O)c1sc(C(=O)OCC=C)c(O)c1O.[H-].[H-].[Na+].[Na+]. The number of carbonyl (C=O) groups is 2. The second kappa shape index (κ2) is 11.3. The Labute approximate surface area is 173 Å². The number of hydrogen-bond acceptors (Lipinski definition) is 7. The van der Waals surface area contributed by atoms with Gasteiger partial charge in [-0.15, -0.1) is 11.3 Å². The van der Waals surface area contributed by atoms with Crippen molar-refractivity contribution in [2.45, 2.75) is 0 Å². The summed E-state index contributed by atoms with van der Waals surface area (Å²) in [6.45, 7) is 6.63. The van der Waals surface area contributed by atoms with Gasteiger partial charge < -0.3 is 22.5 Å². The molecule has 0 radical (unpaired) electrons. The zero-order valence-electron chi connectivity index (χ0n) is 13.9. The van der Waals surface area contributed by atoms with Gasteiger partial charge in [-0.2, -0.15) is 0 Å². The van der Waals surface area contributed by atoms with Gasteiger partial charge in [-0.25, -0.2) is 9.59 Å². The van der Waals surface area contributed by atoms with Crippen molar-refractivity contribution >= 4 is 23.3 Å². The normalized spacial score (nSPS) is 8.76. The van der Waals surface area contributed by atoms with Crippen molar-refractivity contribution in [3.05, 3.63) is 35.1 Å². The molecule has 0 saturated heterocycles. The molecule has 1 aromatic heterocycles. The van der Waals surface area contributed by atoms with Gasteiger partial charge in [0.1, 0.15) is 13.2 Å². The van der Waals surface area contributed by atoms with Gasteiger partial charge in [0.05, 0.1) is 0 Å². The van der Waals surface area contributed by atoms with Gasteiger partial charge in [0.2, 0.25) is 0 Å². The Kier molecular flexibility index (Phi) is 12.4. The minimum absolute atomic E-state index is 0. The van der Waals surface area contributed by atoms with E-state index in [1.54, 1.807) is 0 Å². The van der Waals surface area contributed by atoms with Crippen LogP contribution >= 0.6 is 11.3 Å². The number of aromatic hydroxyl groups is 2. The van der Waals surface area contributed by atoms with Crippen LogP contribution in [0.25, 0.3) is 0 Å². The number of ether oxygens (including phenoxy) is 2. The second-order valence-electron chi connectivity index (χ2n) is 3.23. The van der Waals surface area contributed by atoms with Crippen molar-refractivity contribution in [2.24, 2.45) is 0 Å². The predicted molar refractivity (Wildman–Crippen MR) is 70.8 cm³/mol. The Hall–Kier alpha value is -0.280. The molecule has 6 nitrogen and oxygen atoms in total. The van der Waals surface area contributed by atoms with E-state index in [-0.39, 0.29) is 84.9 Å². The summed E-state index contributed by atoms with van der Waals surface area (Å²) in [5.41, 5.74) is 0. The molecule has 106 valence electrons. The van der Waals surface area contributed by atoms with Crippen LogP contribution in [0.15, 0.2) is 25.3 Å². The Bertz CT molecular complexity index is 491. The summed E-state index contributed by atoms with van der Waals surface area (Å²) >= 11 is 0.586. The van der Waals surface area contributed by atoms with Crippen LogP contribution in [-0.4, -0.2) is 35.4 Å². The molecule has 0 atom stereocenters. The van der Waals surface area contributed by atoms with Crippen LogP contribution in [-0.2, 0) is 9.47 Å². The second-order valence-corrected chi connectivity index (χ2v) is 4.25. The molecule has 1 aromatic rings. The van der Waals surface area contributed by atoms with E-state index < -0.39 is 23.4 Å². The van der Waals surface area contributed by atoms with E-state index >= 15 is 0 Å². The van der Waals surface area contributed by atoms with Crippen LogP contribution in [0.3, 0.4) is 0 Å². The molecule has 0 amide bonds. The molecule has 0 spiro atoms. The molecule has 0 fully saturated rings. The summed E-state index contributed by atoms with van der Waals surface area (Å²) in [5, 5.41) is 19.1. The first-order valence-electron chi connectivity index (χ1n) is 5.13. The summed E-state index contributed by atoms with van der Waals surface area (Å²) in [5.74, 6) is -3.13. The van der Waals surface area contributed by atoms with Gasteiger partial charge in [0.25, 0.3) is 0 Å². The monoisotopic (exact) mass is 332 g/mol. The molecule has 21 heavy (non-hydrogen) atoms. The summed E-state index contributed by atoms with van der Waals surface area (Å²) in [6, 6.07) is 0. The molecule has 0 unspecified atom stereocenters. The molecular weight excluding hydrogens is 318 g/mol. The Morgan fingerprint density at radius 1 is 1.00 bits per heavy atom. The molecule has 1 rings (SSSR count). The van der Waals surface area contributed by atoms with E-state index in [4.69, 9.17) is 9.47 Å². The zero-order valence-corrected chi connectivity index (χ0v) is 16.7. The number of rotatable bonds is 6. The summed E-state index contributed by atoms with van der Waals surface area (Å²) < 4.78 is 9.40. The van der Waals surface area contributed by atoms with Crippen molar-refractivity contribution in [1.29, 1.82) is 0 Å². The molecule has 0 aliphatic carbocycles. The Balaban J connectivity index is -0.000000451. The van der Waals surface area contributed by atoms with E-state index in [1.807, 2.05) is 0 Å². The van der Waals surface area contributed by atoms with Gasteiger partial charge in [0, 0.05) is 0 Å². The van der Waals surface area contributed by atoms with Crippen molar-refractivity contribution in [3.8, 4) is 11.5 Å². The fourth-order valence-electron chi connectivity index (χ4n) is 1.09. The predicted octanol–water partition coefficient (Wildman–Crippen LogP) is -3.92. The van der Waals surface area contributed by atoms with E-state index in [0.29, 0.717) is 11.3 Å².